The van der Waals surface area contributed by atoms with Crippen molar-refractivity contribution in [2.45, 2.75) is 25.8 Å². The van der Waals surface area contributed by atoms with Crippen molar-refractivity contribution in [2.24, 2.45) is 11.8 Å². The summed E-state index contributed by atoms with van der Waals surface area (Å²) in [5.41, 5.74) is -0.0584. The monoisotopic (exact) mass is 193 g/mol. The summed E-state index contributed by atoms with van der Waals surface area (Å²) in [4.78, 5) is 13.2. The average molecular weight is 193 g/mol. The topological polar surface area (TPSA) is 56.1 Å². The Labute approximate surface area is 83.9 Å². The number of amides is 1. The lowest BCUT2D eigenvalue weighted by Crippen LogP contribution is -2.43. The molecule has 1 amide bonds. The summed E-state index contributed by atoms with van der Waals surface area (Å²) in [6, 6.07) is 0. The maximum Gasteiger partial charge on any atom is 0.223 e. The molecule has 0 aromatic rings. The molecule has 0 spiro atoms. The molecule has 0 aromatic heterocycles. The molecule has 2 unspecified atom stereocenters. The number of rotatable bonds is 2. The van der Waals surface area contributed by atoms with Crippen LogP contribution < -0.4 is 5.32 Å². The highest BCUT2D eigenvalue weighted by Gasteiger charge is 2.61. The van der Waals surface area contributed by atoms with Gasteiger partial charge in [0.2, 0.25) is 5.91 Å². The van der Waals surface area contributed by atoms with E-state index in [1.54, 1.807) is 4.90 Å². The Morgan fingerprint density at radius 3 is 2.93 bits per heavy atom. The predicted octanol–water partition coefficient (Wildman–Crippen LogP) is 0.314. The SMILES string of the molecule is CC(C)C(=O)NC12CC1CN(C#N)C2. The van der Waals surface area contributed by atoms with Gasteiger partial charge in [-0.1, -0.05) is 13.8 Å². The van der Waals surface area contributed by atoms with Gasteiger partial charge in [-0.2, -0.15) is 5.26 Å². The van der Waals surface area contributed by atoms with Gasteiger partial charge in [0.05, 0.1) is 12.1 Å². The van der Waals surface area contributed by atoms with E-state index in [-0.39, 0.29) is 17.4 Å². The van der Waals surface area contributed by atoms with Crippen molar-refractivity contribution in [3.63, 3.8) is 0 Å². The van der Waals surface area contributed by atoms with Gasteiger partial charge in [-0.25, -0.2) is 0 Å². The van der Waals surface area contributed by atoms with Crippen molar-refractivity contribution in [1.29, 1.82) is 5.26 Å². The fourth-order valence-electron chi connectivity index (χ4n) is 2.14. The first-order valence-corrected chi connectivity index (χ1v) is 5.04. The molecule has 2 fully saturated rings. The van der Waals surface area contributed by atoms with Gasteiger partial charge in [-0.15, -0.1) is 0 Å². The van der Waals surface area contributed by atoms with Gasteiger partial charge in [0.15, 0.2) is 6.19 Å². The molecule has 76 valence electrons. The third kappa shape index (κ3) is 1.33. The van der Waals surface area contributed by atoms with Crippen LogP contribution in [0.1, 0.15) is 20.3 Å². The Kier molecular flexibility index (Phi) is 1.91. The van der Waals surface area contributed by atoms with E-state index in [2.05, 4.69) is 11.5 Å². The van der Waals surface area contributed by atoms with Crippen LogP contribution in [0.3, 0.4) is 0 Å². The van der Waals surface area contributed by atoms with E-state index in [4.69, 9.17) is 5.26 Å². The standard InChI is InChI=1S/C10H15N3O/c1-7(2)9(14)12-10-3-8(10)4-13(5-10)6-11/h7-8H,3-5H2,1-2H3,(H,12,14). The highest BCUT2D eigenvalue weighted by atomic mass is 16.2. The summed E-state index contributed by atoms with van der Waals surface area (Å²) < 4.78 is 0. The third-order valence-electron chi connectivity index (χ3n) is 3.18. The van der Waals surface area contributed by atoms with E-state index in [1.165, 1.54) is 0 Å². The zero-order valence-corrected chi connectivity index (χ0v) is 8.58. The lowest BCUT2D eigenvalue weighted by atomic mass is 10.1. The first-order valence-electron chi connectivity index (χ1n) is 5.04. The first kappa shape index (κ1) is 9.32. The molecule has 1 saturated heterocycles. The molecule has 0 radical (unpaired) electrons. The van der Waals surface area contributed by atoms with E-state index in [1.807, 2.05) is 13.8 Å². The molecule has 1 N–H and O–H groups in total. The van der Waals surface area contributed by atoms with Crippen molar-refractivity contribution in [2.75, 3.05) is 13.1 Å². The van der Waals surface area contributed by atoms with Gasteiger partial charge < -0.3 is 10.2 Å². The third-order valence-corrected chi connectivity index (χ3v) is 3.18. The lowest BCUT2D eigenvalue weighted by molar-refractivity contribution is -0.125. The largest absolute Gasteiger partial charge is 0.348 e. The van der Waals surface area contributed by atoms with Gasteiger partial charge >= 0.3 is 0 Å². The van der Waals surface area contributed by atoms with Gasteiger partial charge in [0, 0.05) is 18.4 Å². The fraction of sp³-hybridized carbons (Fsp3) is 0.800. The number of piperidine rings is 1. The van der Waals surface area contributed by atoms with E-state index in [0.29, 0.717) is 12.5 Å². The molecule has 0 aromatic carbocycles. The van der Waals surface area contributed by atoms with Crippen LogP contribution in [-0.4, -0.2) is 29.4 Å². The predicted molar refractivity (Wildman–Crippen MR) is 51.0 cm³/mol. The van der Waals surface area contributed by atoms with Gasteiger partial charge in [0.1, 0.15) is 0 Å². The summed E-state index contributed by atoms with van der Waals surface area (Å²) in [6.45, 7) is 5.29. The number of likely N-dealkylation sites (tertiary alicyclic amines) is 1. The molecular formula is C10H15N3O. The van der Waals surface area contributed by atoms with Crippen molar-refractivity contribution < 1.29 is 4.79 Å². The Balaban J connectivity index is 1.95. The number of nitriles is 1. The minimum atomic E-state index is -0.0584. The van der Waals surface area contributed by atoms with Crippen LogP contribution in [0.15, 0.2) is 0 Å². The molecule has 2 aliphatic rings. The number of nitrogens with one attached hydrogen (secondary N) is 1. The minimum Gasteiger partial charge on any atom is -0.348 e. The highest BCUT2D eigenvalue weighted by molar-refractivity contribution is 5.79. The van der Waals surface area contributed by atoms with Crippen LogP contribution in [0, 0.1) is 23.3 Å². The Hall–Kier alpha value is -1.24. The summed E-state index contributed by atoms with van der Waals surface area (Å²) >= 11 is 0. The molecule has 1 aliphatic heterocycles. The quantitative estimate of drug-likeness (QED) is 0.642. The van der Waals surface area contributed by atoms with Crippen LogP contribution in [0.2, 0.25) is 0 Å². The van der Waals surface area contributed by atoms with E-state index >= 15 is 0 Å². The smallest absolute Gasteiger partial charge is 0.223 e. The molecular weight excluding hydrogens is 178 g/mol. The van der Waals surface area contributed by atoms with Crippen LogP contribution >= 0.6 is 0 Å². The second-order valence-electron chi connectivity index (χ2n) is 4.68. The number of hydrogen-bond donors (Lipinski definition) is 1. The number of carbonyl (C=O) groups excluding carboxylic acids is 1. The van der Waals surface area contributed by atoms with Gasteiger partial charge in [-0.3, -0.25) is 4.79 Å². The zero-order chi connectivity index (χ0) is 10.3. The van der Waals surface area contributed by atoms with Gasteiger partial charge in [-0.05, 0) is 6.42 Å². The number of carbonyl (C=O) groups is 1. The molecule has 2 rings (SSSR count). The Morgan fingerprint density at radius 2 is 2.43 bits per heavy atom. The van der Waals surface area contributed by atoms with Gasteiger partial charge in [0.25, 0.3) is 0 Å². The lowest BCUT2D eigenvalue weighted by Gasteiger charge is -2.18. The van der Waals surface area contributed by atoms with E-state index in [9.17, 15) is 4.79 Å². The van der Waals surface area contributed by atoms with Crippen LogP contribution in [0.5, 0.6) is 0 Å². The average Bonchev–Trinajstić information content (AvgIpc) is 2.67. The van der Waals surface area contributed by atoms with Crippen LogP contribution in [0.4, 0.5) is 0 Å². The molecule has 14 heavy (non-hydrogen) atoms. The maximum absolute atomic E-state index is 11.5. The second kappa shape index (κ2) is 2.88. The first-order chi connectivity index (χ1) is 6.57. The fourth-order valence-corrected chi connectivity index (χ4v) is 2.14. The summed E-state index contributed by atoms with van der Waals surface area (Å²) in [7, 11) is 0. The normalized spacial score (nSPS) is 33.9. The van der Waals surface area contributed by atoms with Crippen molar-refractivity contribution >= 4 is 5.91 Å². The summed E-state index contributed by atoms with van der Waals surface area (Å²) in [5, 5.41) is 11.8. The van der Waals surface area contributed by atoms with Crippen molar-refractivity contribution in [3.05, 3.63) is 0 Å². The van der Waals surface area contributed by atoms with Crippen molar-refractivity contribution in [3.8, 4) is 6.19 Å². The molecule has 2 atom stereocenters. The van der Waals surface area contributed by atoms with E-state index in [0.717, 1.165) is 13.0 Å². The van der Waals surface area contributed by atoms with E-state index < -0.39 is 0 Å². The molecule has 1 aliphatic carbocycles. The number of hydrogen-bond acceptors (Lipinski definition) is 3. The van der Waals surface area contributed by atoms with Crippen LogP contribution in [-0.2, 0) is 4.79 Å². The number of fused-ring (bicyclic) bond motifs is 1. The number of nitrogens with zero attached hydrogens (tertiary/aromatic N) is 2. The zero-order valence-electron chi connectivity index (χ0n) is 8.58. The molecule has 1 heterocycles. The highest BCUT2D eigenvalue weighted by Crippen LogP contribution is 2.49. The summed E-state index contributed by atoms with van der Waals surface area (Å²) in [6.07, 6.45) is 3.18. The maximum atomic E-state index is 11.5. The second-order valence-corrected chi connectivity index (χ2v) is 4.68. The minimum absolute atomic E-state index is 0.0294. The molecule has 1 saturated carbocycles. The molecule has 4 nitrogen and oxygen atoms in total. The summed E-state index contributed by atoms with van der Waals surface area (Å²) in [5.74, 6) is 0.638. The van der Waals surface area contributed by atoms with Crippen LogP contribution in [0.25, 0.3) is 0 Å². The molecule has 4 heteroatoms. The molecule has 0 bridgehead atoms. The Bertz CT molecular complexity index is 307. The van der Waals surface area contributed by atoms with Crippen molar-refractivity contribution in [1.82, 2.24) is 10.2 Å². The Morgan fingerprint density at radius 1 is 1.71 bits per heavy atom.